The van der Waals surface area contributed by atoms with E-state index in [0.29, 0.717) is 17.0 Å². The first-order chi connectivity index (χ1) is 11.0. The molecule has 0 aliphatic carbocycles. The van der Waals surface area contributed by atoms with Crippen LogP contribution >= 0.6 is 0 Å². The zero-order valence-corrected chi connectivity index (χ0v) is 13.0. The maximum absolute atomic E-state index is 13.4. The zero-order valence-electron chi connectivity index (χ0n) is 13.0. The Morgan fingerprint density at radius 1 is 1.26 bits per heavy atom. The number of oxime groups is 1. The fourth-order valence-corrected chi connectivity index (χ4v) is 3.01. The molecule has 0 aromatic heterocycles. The second-order valence-corrected chi connectivity index (χ2v) is 5.73. The molecule has 0 radical (unpaired) electrons. The predicted molar refractivity (Wildman–Crippen MR) is 86.3 cm³/mol. The number of amides is 1. The lowest BCUT2D eigenvalue weighted by atomic mass is 9.87. The van der Waals surface area contributed by atoms with Crippen LogP contribution in [0.25, 0.3) is 0 Å². The number of hydrogen-bond acceptors (Lipinski definition) is 3. The molecule has 1 aliphatic heterocycles. The van der Waals surface area contributed by atoms with E-state index in [2.05, 4.69) is 5.16 Å². The Hall–Kier alpha value is -2.69. The van der Waals surface area contributed by atoms with Crippen LogP contribution in [0.3, 0.4) is 0 Å². The molecule has 118 valence electrons. The average Bonchev–Trinajstić information content (AvgIpc) is 2.53. The van der Waals surface area contributed by atoms with Crippen molar-refractivity contribution in [1.82, 2.24) is 0 Å². The van der Waals surface area contributed by atoms with Gasteiger partial charge in [-0.1, -0.05) is 29.4 Å². The van der Waals surface area contributed by atoms with Crippen LogP contribution in [0.5, 0.6) is 0 Å². The van der Waals surface area contributed by atoms with Crippen molar-refractivity contribution in [2.45, 2.75) is 20.4 Å². The van der Waals surface area contributed by atoms with E-state index in [-0.39, 0.29) is 18.3 Å². The third-order valence-corrected chi connectivity index (χ3v) is 4.18. The highest BCUT2D eigenvalue weighted by atomic mass is 19.1. The van der Waals surface area contributed by atoms with E-state index in [0.717, 1.165) is 11.1 Å². The number of fused-ring (bicyclic) bond motifs is 1. The lowest BCUT2D eigenvalue weighted by Crippen LogP contribution is -2.43. The molecule has 23 heavy (non-hydrogen) atoms. The van der Waals surface area contributed by atoms with Gasteiger partial charge in [0.25, 0.3) is 0 Å². The van der Waals surface area contributed by atoms with Crippen LogP contribution < -0.4 is 4.90 Å². The normalized spacial score (nSPS) is 19.1. The van der Waals surface area contributed by atoms with E-state index in [1.807, 2.05) is 25.1 Å². The average molecular weight is 312 g/mol. The van der Waals surface area contributed by atoms with E-state index >= 15 is 0 Å². The second-order valence-electron chi connectivity index (χ2n) is 5.73. The Labute approximate surface area is 133 Å². The first-order valence-corrected chi connectivity index (χ1v) is 7.40. The molecule has 0 spiro atoms. The second kappa shape index (κ2) is 5.83. The van der Waals surface area contributed by atoms with Crippen molar-refractivity contribution in [3.8, 4) is 0 Å². The Morgan fingerprint density at radius 3 is 2.70 bits per heavy atom. The molecule has 5 heteroatoms. The topological polar surface area (TPSA) is 52.9 Å². The number of hydrogen-bond donors (Lipinski definition) is 1. The summed E-state index contributed by atoms with van der Waals surface area (Å²) >= 11 is 0. The van der Waals surface area contributed by atoms with Crippen LogP contribution in [0.4, 0.5) is 10.1 Å². The fraction of sp³-hybridized carbons (Fsp3) is 0.222. The summed E-state index contributed by atoms with van der Waals surface area (Å²) in [6.07, 6.45) is 0. The summed E-state index contributed by atoms with van der Waals surface area (Å²) in [5, 5.41) is 12.7. The summed E-state index contributed by atoms with van der Waals surface area (Å²) in [5.74, 6) is -1.05. The Balaban J connectivity index is 2.10. The number of halogens is 1. The number of carbonyl (C=O) groups excluding carboxylic acids is 1. The maximum atomic E-state index is 13.4. The SMILES string of the molecule is Cc1cccc2c1/C(=N/O)[C@H](C)C(=O)N2Cc1cccc(F)c1. The third kappa shape index (κ3) is 2.59. The van der Waals surface area contributed by atoms with Crippen LogP contribution in [0, 0.1) is 18.7 Å². The summed E-state index contributed by atoms with van der Waals surface area (Å²) in [7, 11) is 0. The largest absolute Gasteiger partial charge is 0.411 e. The molecule has 1 N–H and O–H groups in total. The van der Waals surface area contributed by atoms with Gasteiger partial charge in [-0.05, 0) is 43.2 Å². The third-order valence-electron chi connectivity index (χ3n) is 4.18. The van der Waals surface area contributed by atoms with Gasteiger partial charge in [0.2, 0.25) is 5.91 Å². The molecule has 4 nitrogen and oxygen atoms in total. The van der Waals surface area contributed by atoms with Crippen LogP contribution in [-0.4, -0.2) is 16.8 Å². The number of anilines is 1. The van der Waals surface area contributed by atoms with E-state index < -0.39 is 5.92 Å². The highest BCUT2D eigenvalue weighted by Crippen LogP contribution is 2.34. The predicted octanol–water partition coefficient (Wildman–Crippen LogP) is 3.50. The van der Waals surface area contributed by atoms with Gasteiger partial charge < -0.3 is 10.1 Å². The summed E-state index contributed by atoms with van der Waals surface area (Å²) in [4.78, 5) is 14.3. The summed E-state index contributed by atoms with van der Waals surface area (Å²) < 4.78 is 13.4. The van der Waals surface area contributed by atoms with E-state index in [1.165, 1.54) is 12.1 Å². The van der Waals surface area contributed by atoms with Crippen molar-refractivity contribution in [2.75, 3.05) is 4.90 Å². The van der Waals surface area contributed by atoms with Crippen molar-refractivity contribution >= 4 is 17.3 Å². The molecule has 0 unspecified atom stereocenters. The smallest absolute Gasteiger partial charge is 0.236 e. The minimum atomic E-state index is -0.554. The first kappa shape index (κ1) is 15.2. The van der Waals surface area contributed by atoms with Crippen molar-refractivity contribution in [2.24, 2.45) is 11.1 Å². The number of nitrogens with zero attached hydrogens (tertiary/aromatic N) is 2. The van der Waals surface area contributed by atoms with Gasteiger partial charge in [-0.15, -0.1) is 0 Å². The molecule has 0 saturated carbocycles. The Morgan fingerprint density at radius 2 is 2.00 bits per heavy atom. The van der Waals surface area contributed by atoms with Crippen molar-refractivity contribution in [3.63, 3.8) is 0 Å². The number of aryl methyl sites for hydroxylation is 1. The molecule has 0 fully saturated rings. The van der Waals surface area contributed by atoms with Gasteiger partial charge in [0, 0.05) is 5.56 Å². The summed E-state index contributed by atoms with van der Waals surface area (Å²) in [6, 6.07) is 11.8. The first-order valence-electron chi connectivity index (χ1n) is 7.40. The van der Waals surface area contributed by atoms with Gasteiger partial charge in [0.1, 0.15) is 11.5 Å². The monoisotopic (exact) mass is 312 g/mol. The van der Waals surface area contributed by atoms with Crippen molar-refractivity contribution < 1.29 is 14.4 Å². The van der Waals surface area contributed by atoms with E-state index in [1.54, 1.807) is 24.0 Å². The Kier molecular flexibility index (Phi) is 3.86. The highest BCUT2D eigenvalue weighted by Gasteiger charge is 2.36. The molecule has 2 aromatic carbocycles. The Bertz CT molecular complexity index is 801. The van der Waals surface area contributed by atoms with Crippen molar-refractivity contribution in [3.05, 3.63) is 65.0 Å². The number of carbonyl (C=O) groups is 1. The fourth-order valence-electron chi connectivity index (χ4n) is 3.01. The molecule has 1 atom stereocenters. The lowest BCUT2D eigenvalue weighted by Gasteiger charge is -2.34. The molecule has 3 rings (SSSR count). The summed E-state index contributed by atoms with van der Waals surface area (Å²) in [6.45, 7) is 3.90. The van der Waals surface area contributed by atoms with Gasteiger partial charge in [0.15, 0.2) is 0 Å². The molecule has 0 bridgehead atoms. The minimum absolute atomic E-state index is 0.167. The molecule has 1 aliphatic rings. The van der Waals surface area contributed by atoms with Crippen LogP contribution in [0.15, 0.2) is 47.6 Å². The maximum Gasteiger partial charge on any atom is 0.236 e. The molecular weight excluding hydrogens is 295 g/mol. The lowest BCUT2D eigenvalue weighted by molar-refractivity contribution is -0.120. The van der Waals surface area contributed by atoms with Crippen LogP contribution in [0.2, 0.25) is 0 Å². The zero-order chi connectivity index (χ0) is 16.6. The molecule has 1 heterocycles. The molecular formula is C18H17FN2O2. The van der Waals surface area contributed by atoms with E-state index in [4.69, 9.17) is 0 Å². The summed E-state index contributed by atoms with van der Waals surface area (Å²) in [5.41, 5.74) is 3.46. The quantitative estimate of drug-likeness (QED) is 0.681. The van der Waals surface area contributed by atoms with Gasteiger partial charge in [-0.25, -0.2) is 4.39 Å². The van der Waals surface area contributed by atoms with Gasteiger partial charge in [-0.2, -0.15) is 0 Å². The molecule has 0 saturated heterocycles. The molecule has 1 amide bonds. The number of benzene rings is 2. The van der Waals surface area contributed by atoms with Crippen LogP contribution in [0.1, 0.15) is 23.6 Å². The van der Waals surface area contributed by atoms with Gasteiger partial charge in [-0.3, -0.25) is 4.79 Å². The van der Waals surface area contributed by atoms with Gasteiger partial charge in [0.05, 0.1) is 18.2 Å². The highest BCUT2D eigenvalue weighted by molar-refractivity contribution is 6.23. The van der Waals surface area contributed by atoms with Crippen LogP contribution in [-0.2, 0) is 11.3 Å². The van der Waals surface area contributed by atoms with E-state index in [9.17, 15) is 14.4 Å². The minimum Gasteiger partial charge on any atom is -0.411 e. The van der Waals surface area contributed by atoms with Gasteiger partial charge >= 0.3 is 0 Å². The number of rotatable bonds is 2. The molecule has 2 aromatic rings. The standard InChI is InChI=1S/C18H17FN2O2/c1-11-5-3-8-15-16(11)17(20-23)12(2)18(22)21(15)10-13-6-4-7-14(19)9-13/h3-9,12,23H,10H2,1-2H3/b20-17+/t12-/m0/s1. The van der Waals surface area contributed by atoms with Crippen molar-refractivity contribution in [1.29, 1.82) is 0 Å².